The van der Waals surface area contributed by atoms with Crippen LogP contribution in [0.5, 0.6) is 0 Å². The summed E-state index contributed by atoms with van der Waals surface area (Å²) < 4.78 is 6.57. The number of aryl methyl sites for hydroxylation is 1. The van der Waals surface area contributed by atoms with Gasteiger partial charge in [0.1, 0.15) is 0 Å². The number of esters is 1. The van der Waals surface area contributed by atoms with E-state index in [2.05, 4.69) is 57.8 Å². The standard InChI is InChI=1S/C23H26NO2.3CH3.Sn/c1-4-24-12-11-19-21(14-24)18-10-5-15(2)13-20(18)22(19)16-6-8-17(9-7-16)23(25)26-3;;;;/h6-10,13,19,21-22H,4,11-12,14H2,1-3H3;3*1H3;. The van der Waals surface area contributed by atoms with E-state index in [9.17, 15) is 4.79 Å². The Morgan fingerprint density at radius 2 is 1.83 bits per heavy atom. The van der Waals surface area contributed by atoms with Crippen LogP contribution < -0.4 is 3.58 Å². The number of likely N-dealkylation sites (tertiary alicyclic amines) is 1. The predicted molar refractivity (Wildman–Crippen MR) is 127 cm³/mol. The molecule has 0 radical (unpaired) electrons. The van der Waals surface area contributed by atoms with Crippen LogP contribution in [-0.2, 0) is 4.74 Å². The number of nitrogens with zero attached hydrogens (tertiary/aromatic N) is 1. The third-order valence-corrected chi connectivity index (χ3v) is 13.4. The maximum atomic E-state index is 11.9. The van der Waals surface area contributed by atoms with Crippen LogP contribution in [0.25, 0.3) is 0 Å². The van der Waals surface area contributed by atoms with Crippen LogP contribution in [0.2, 0.25) is 14.8 Å². The van der Waals surface area contributed by atoms with E-state index in [4.69, 9.17) is 4.74 Å². The summed E-state index contributed by atoms with van der Waals surface area (Å²) in [5.41, 5.74) is 6.59. The first-order valence-electron chi connectivity index (χ1n) is 11.3. The van der Waals surface area contributed by atoms with Crippen LogP contribution in [0.3, 0.4) is 0 Å². The Balaban J connectivity index is 1.81. The number of carbonyl (C=O) groups is 1. The number of benzene rings is 2. The Kier molecular flexibility index (Phi) is 6.06. The third-order valence-electron chi connectivity index (χ3n) is 7.29. The average Bonchev–Trinajstić information content (AvgIpc) is 3.04. The van der Waals surface area contributed by atoms with Crippen molar-refractivity contribution in [2.45, 2.75) is 46.9 Å². The van der Waals surface area contributed by atoms with E-state index in [1.165, 1.54) is 43.3 Å². The molecular formula is C26H35NO2Sn. The molecular weight excluding hydrogens is 477 g/mol. The van der Waals surface area contributed by atoms with E-state index in [-0.39, 0.29) is 5.97 Å². The van der Waals surface area contributed by atoms with Gasteiger partial charge in [0.15, 0.2) is 0 Å². The van der Waals surface area contributed by atoms with Crippen LogP contribution in [0.1, 0.15) is 57.8 Å². The first-order chi connectivity index (χ1) is 14.2. The van der Waals surface area contributed by atoms with Gasteiger partial charge in [0.2, 0.25) is 0 Å². The van der Waals surface area contributed by atoms with Gasteiger partial charge in [0.25, 0.3) is 0 Å². The number of hydrogen-bond donors (Lipinski definition) is 0. The quantitative estimate of drug-likeness (QED) is 0.432. The summed E-state index contributed by atoms with van der Waals surface area (Å²) in [6.45, 7) is 8.09. The van der Waals surface area contributed by atoms with Crippen LogP contribution in [0.4, 0.5) is 0 Å². The Morgan fingerprint density at radius 1 is 1.13 bits per heavy atom. The van der Waals surface area contributed by atoms with E-state index < -0.39 is 18.4 Å². The van der Waals surface area contributed by atoms with Gasteiger partial charge in [-0.15, -0.1) is 0 Å². The topological polar surface area (TPSA) is 29.5 Å². The van der Waals surface area contributed by atoms with Crippen LogP contribution in [0.15, 0.2) is 36.4 Å². The summed E-state index contributed by atoms with van der Waals surface area (Å²) in [6.07, 6.45) is 1.24. The molecule has 1 saturated heterocycles. The van der Waals surface area contributed by atoms with E-state index in [1.54, 1.807) is 9.14 Å². The number of fused-ring (bicyclic) bond motifs is 3. The molecule has 0 bridgehead atoms. The molecule has 160 valence electrons. The van der Waals surface area contributed by atoms with Gasteiger partial charge in [-0.25, -0.2) is 0 Å². The first-order valence-corrected chi connectivity index (χ1v) is 21.3. The van der Waals surface area contributed by atoms with Gasteiger partial charge in [0, 0.05) is 0 Å². The molecule has 0 amide bonds. The number of hydrogen-bond acceptors (Lipinski definition) is 3. The number of likely N-dealkylation sites (N-methyl/N-ethyl adjacent to an activating group) is 1. The second-order valence-corrected chi connectivity index (χ2v) is 24.5. The number of piperidine rings is 1. The number of ether oxygens (including phenoxy) is 1. The molecule has 1 aliphatic carbocycles. The summed E-state index contributed by atoms with van der Waals surface area (Å²) >= 11 is -2.18. The Morgan fingerprint density at radius 3 is 2.43 bits per heavy atom. The Labute approximate surface area is 185 Å². The molecule has 0 spiro atoms. The van der Waals surface area contributed by atoms with Crippen molar-refractivity contribution in [1.82, 2.24) is 4.90 Å². The van der Waals surface area contributed by atoms with Gasteiger partial charge < -0.3 is 0 Å². The van der Waals surface area contributed by atoms with Gasteiger partial charge in [-0.05, 0) is 0 Å². The Hall–Kier alpha value is -1.33. The van der Waals surface area contributed by atoms with Crippen LogP contribution in [0, 0.1) is 12.8 Å². The fourth-order valence-electron chi connectivity index (χ4n) is 5.80. The van der Waals surface area contributed by atoms with Crippen LogP contribution >= 0.6 is 0 Å². The first kappa shape index (κ1) is 21.9. The monoisotopic (exact) mass is 513 g/mol. The molecule has 2 aromatic carbocycles. The van der Waals surface area contributed by atoms with Gasteiger partial charge in [-0.1, -0.05) is 0 Å². The van der Waals surface area contributed by atoms with Crippen molar-refractivity contribution >= 4 is 27.9 Å². The van der Waals surface area contributed by atoms with Crippen LogP contribution in [-0.4, -0.2) is 56.0 Å². The molecule has 3 nitrogen and oxygen atoms in total. The van der Waals surface area contributed by atoms with Crippen molar-refractivity contribution in [2.24, 2.45) is 5.92 Å². The number of carbonyl (C=O) groups excluding carboxylic acids is 1. The minimum absolute atomic E-state index is 0.263. The van der Waals surface area contributed by atoms with Crippen molar-refractivity contribution in [2.75, 3.05) is 26.7 Å². The molecule has 3 atom stereocenters. The minimum atomic E-state index is -2.18. The number of methoxy groups -OCH3 is 1. The average molecular weight is 512 g/mol. The zero-order chi connectivity index (χ0) is 21.6. The van der Waals surface area contributed by atoms with Gasteiger partial charge in [0.05, 0.1) is 0 Å². The molecule has 30 heavy (non-hydrogen) atoms. The third kappa shape index (κ3) is 3.84. The molecule has 1 aliphatic heterocycles. The van der Waals surface area contributed by atoms with Gasteiger partial charge >= 0.3 is 186 Å². The van der Waals surface area contributed by atoms with Gasteiger partial charge in [-0.2, -0.15) is 0 Å². The second kappa shape index (κ2) is 8.31. The maximum absolute atomic E-state index is 11.9. The molecule has 3 unspecified atom stereocenters. The zero-order valence-electron chi connectivity index (χ0n) is 19.3. The molecule has 2 aliphatic rings. The van der Waals surface area contributed by atoms with Gasteiger partial charge in [-0.3, -0.25) is 0 Å². The van der Waals surface area contributed by atoms with E-state index in [0.717, 1.165) is 6.54 Å². The molecule has 1 fully saturated rings. The van der Waals surface area contributed by atoms with Crippen molar-refractivity contribution in [3.05, 3.63) is 64.2 Å². The van der Waals surface area contributed by atoms with Crippen molar-refractivity contribution < 1.29 is 9.53 Å². The summed E-state index contributed by atoms with van der Waals surface area (Å²) in [6, 6.07) is 13.3. The Bertz CT molecular complexity index is 945. The van der Waals surface area contributed by atoms with Crippen molar-refractivity contribution in [3.8, 4) is 0 Å². The molecule has 0 saturated carbocycles. The normalized spacial score (nSPS) is 23.7. The fourth-order valence-corrected chi connectivity index (χ4v) is 11.1. The SMILES string of the molecule is CCN1CCC2C(C1)c1c[c]([Sn]([CH3])([CH3])[CH3])c(C)cc1C2c1ccc(C(=O)OC)cc1. The molecule has 4 heteroatoms. The van der Waals surface area contributed by atoms with E-state index in [0.29, 0.717) is 23.3 Å². The summed E-state index contributed by atoms with van der Waals surface area (Å²) in [4.78, 5) is 22.1. The number of rotatable bonds is 4. The summed E-state index contributed by atoms with van der Waals surface area (Å²) in [5.74, 6) is 1.43. The summed E-state index contributed by atoms with van der Waals surface area (Å²) in [5, 5.41) is 0. The molecule has 0 N–H and O–H groups in total. The van der Waals surface area contributed by atoms with E-state index in [1.807, 2.05) is 12.1 Å². The second-order valence-electron chi connectivity index (χ2n) is 10.1. The predicted octanol–water partition coefficient (Wildman–Crippen LogP) is 4.90. The molecule has 0 aromatic heterocycles. The van der Waals surface area contributed by atoms with E-state index >= 15 is 0 Å². The molecule has 1 heterocycles. The fraction of sp³-hybridized carbons (Fsp3) is 0.500. The van der Waals surface area contributed by atoms with Crippen molar-refractivity contribution in [3.63, 3.8) is 0 Å². The molecule has 4 rings (SSSR count). The summed E-state index contributed by atoms with van der Waals surface area (Å²) in [7, 11) is 1.44. The molecule has 2 aromatic rings. The zero-order valence-corrected chi connectivity index (χ0v) is 22.1. The van der Waals surface area contributed by atoms with Crippen molar-refractivity contribution in [1.29, 1.82) is 0 Å².